The van der Waals surface area contributed by atoms with Gasteiger partial charge in [0.05, 0.1) is 12.9 Å². The molecule has 0 fully saturated rings. The lowest BCUT2D eigenvalue weighted by atomic mass is 10.1. The highest BCUT2D eigenvalue weighted by Crippen LogP contribution is 2.25. The van der Waals surface area contributed by atoms with E-state index in [1.54, 1.807) is 18.9 Å². The first kappa shape index (κ1) is 16.1. The van der Waals surface area contributed by atoms with Gasteiger partial charge < -0.3 is 4.74 Å². The Morgan fingerprint density at radius 2 is 2.00 bits per heavy atom. The number of ketones is 1. The molecule has 2 aromatic rings. The molecular weight excluding hydrogens is 348 g/mol. The van der Waals surface area contributed by atoms with Gasteiger partial charge in [0.25, 0.3) is 0 Å². The highest BCUT2D eigenvalue weighted by atomic mass is 79.9. The second-order valence-electron chi connectivity index (χ2n) is 4.73. The van der Waals surface area contributed by atoms with Crippen LogP contribution in [0.5, 0.6) is 5.75 Å². The molecule has 0 spiro atoms. The number of hydrogen-bond acceptors (Lipinski definition) is 3. The van der Waals surface area contributed by atoms with Crippen LogP contribution in [0.4, 0.5) is 0 Å². The molecule has 2 rings (SSSR count). The summed E-state index contributed by atoms with van der Waals surface area (Å²) in [6, 6.07) is 13.8. The summed E-state index contributed by atoms with van der Waals surface area (Å²) in [5.41, 5.74) is 2.12. The lowest BCUT2D eigenvalue weighted by molar-refractivity contribution is -0.116. The van der Waals surface area contributed by atoms with Crippen LogP contribution >= 0.6 is 27.7 Å². The van der Waals surface area contributed by atoms with Crippen LogP contribution < -0.4 is 4.74 Å². The molecule has 110 valence electrons. The molecule has 0 N–H and O–H groups in total. The Kier molecular flexibility index (Phi) is 5.88. The lowest BCUT2D eigenvalue weighted by Gasteiger charge is -2.09. The molecule has 0 aliphatic rings. The van der Waals surface area contributed by atoms with Gasteiger partial charge in [-0.25, -0.2) is 0 Å². The molecule has 0 aliphatic heterocycles. The molecule has 0 unspecified atom stereocenters. The minimum absolute atomic E-state index is 0.194. The van der Waals surface area contributed by atoms with Crippen molar-refractivity contribution in [2.45, 2.75) is 18.2 Å². The summed E-state index contributed by atoms with van der Waals surface area (Å²) >= 11 is 5.02. The topological polar surface area (TPSA) is 26.3 Å². The maximum absolute atomic E-state index is 12.2. The summed E-state index contributed by atoms with van der Waals surface area (Å²) in [4.78, 5) is 13.3. The Morgan fingerprint density at radius 3 is 2.71 bits per heavy atom. The number of halogens is 1. The van der Waals surface area contributed by atoms with Gasteiger partial charge in [0.2, 0.25) is 0 Å². The Labute approximate surface area is 138 Å². The van der Waals surface area contributed by atoms with Crippen molar-refractivity contribution in [3.05, 3.63) is 58.1 Å². The summed E-state index contributed by atoms with van der Waals surface area (Å²) in [5, 5.41) is 0. The van der Waals surface area contributed by atoms with E-state index in [0.29, 0.717) is 12.2 Å². The number of hydrogen-bond donors (Lipinski definition) is 0. The van der Waals surface area contributed by atoms with Crippen molar-refractivity contribution < 1.29 is 9.53 Å². The first-order valence-electron chi connectivity index (χ1n) is 6.62. The number of aryl methyl sites for hydroxylation is 1. The van der Waals surface area contributed by atoms with Gasteiger partial charge in [-0.1, -0.05) is 34.1 Å². The van der Waals surface area contributed by atoms with Crippen molar-refractivity contribution in [2.24, 2.45) is 0 Å². The van der Waals surface area contributed by atoms with Crippen LogP contribution in [0.3, 0.4) is 0 Å². The second-order valence-corrected chi connectivity index (χ2v) is 6.66. The Morgan fingerprint density at radius 1 is 1.24 bits per heavy atom. The molecular formula is C17H17BrO2S. The normalized spacial score (nSPS) is 10.4. The van der Waals surface area contributed by atoms with Crippen molar-refractivity contribution in [3.8, 4) is 5.75 Å². The minimum Gasteiger partial charge on any atom is -0.496 e. The zero-order valence-electron chi connectivity index (χ0n) is 12.1. The van der Waals surface area contributed by atoms with Crippen LogP contribution in [0.1, 0.15) is 11.1 Å². The highest BCUT2D eigenvalue weighted by Gasteiger charge is 2.10. The van der Waals surface area contributed by atoms with E-state index in [9.17, 15) is 4.79 Å². The predicted octanol–water partition coefficient (Wildman–Crippen LogP) is 4.67. The van der Waals surface area contributed by atoms with E-state index in [-0.39, 0.29) is 5.78 Å². The average Bonchev–Trinajstić information content (AvgIpc) is 2.47. The fraction of sp³-hybridized carbons (Fsp3) is 0.235. The number of benzene rings is 2. The van der Waals surface area contributed by atoms with E-state index in [4.69, 9.17) is 4.74 Å². The van der Waals surface area contributed by atoms with E-state index >= 15 is 0 Å². The monoisotopic (exact) mass is 364 g/mol. The lowest BCUT2D eigenvalue weighted by Crippen LogP contribution is -2.07. The van der Waals surface area contributed by atoms with Gasteiger partial charge in [0, 0.05) is 21.4 Å². The fourth-order valence-corrected chi connectivity index (χ4v) is 3.32. The SMILES string of the molecule is COc1ccc(Br)cc1CC(=O)CSc1ccccc1C. The minimum atomic E-state index is 0.194. The summed E-state index contributed by atoms with van der Waals surface area (Å²) in [7, 11) is 1.62. The molecule has 0 saturated heterocycles. The van der Waals surface area contributed by atoms with E-state index in [0.717, 1.165) is 20.7 Å². The van der Waals surface area contributed by atoms with Crippen LogP contribution in [0.25, 0.3) is 0 Å². The predicted molar refractivity (Wildman–Crippen MR) is 91.3 cm³/mol. The smallest absolute Gasteiger partial charge is 0.147 e. The number of rotatable bonds is 6. The maximum Gasteiger partial charge on any atom is 0.147 e. The zero-order valence-corrected chi connectivity index (χ0v) is 14.5. The van der Waals surface area contributed by atoms with Crippen LogP contribution in [0.2, 0.25) is 0 Å². The molecule has 0 atom stereocenters. The Balaban J connectivity index is 1.99. The van der Waals surface area contributed by atoms with E-state index in [2.05, 4.69) is 28.9 Å². The summed E-state index contributed by atoms with van der Waals surface area (Å²) < 4.78 is 6.26. The van der Waals surface area contributed by atoms with Crippen molar-refractivity contribution in [2.75, 3.05) is 12.9 Å². The molecule has 0 heterocycles. The first-order chi connectivity index (χ1) is 10.1. The standard InChI is InChI=1S/C17H17BrO2S/c1-12-5-3-4-6-17(12)21-11-15(19)10-13-9-14(18)7-8-16(13)20-2/h3-9H,10-11H2,1-2H3. The molecule has 2 nitrogen and oxygen atoms in total. The van der Waals surface area contributed by atoms with E-state index < -0.39 is 0 Å². The Bertz CT molecular complexity index is 640. The molecule has 0 aliphatic carbocycles. The van der Waals surface area contributed by atoms with Crippen molar-refractivity contribution in [3.63, 3.8) is 0 Å². The molecule has 0 radical (unpaired) electrons. The van der Waals surface area contributed by atoms with Gasteiger partial charge in [0.1, 0.15) is 11.5 Å². The summed E-state index contributed by atoms with van der Waals surface area (Å²) in [6.07, 6.45) is 0.390. The third-order valence-electron chi connectivity index (χ3n) is 3.11. The third-order valence-corrected chi connectivity index (χ3v) is 4.84. The molecule has 21 heavy (non-hydrogen) atoms. The zero-order chi connectivity index (χ0) is 15.2. The molecule has 2 aromatic carbocycles. The number of carbonyl (C=O) groups excluding carboxylic acids is 1. The van der Waals surface area contributed by atoms with E-state index in [1.165, 1.54) is 5.56 Å². The Hall–Kier alpha value is -1.26. The second kappa shape index (κ2) is 7.66. The first-order valence-corrected chi connectivity index (χ1v) is 8.40. The number of ether oxygens (including phenoxy) is 1. The van der Waals surface area contributed by atoms with Gasteiger partial charge in [-0.05, 0) is 36.8 Å². The molecule has 0 saturated carbocycles. The molecule has 0 bridgehead atoms. The number of carbonyl (C=O) groups is 1. The third kappa shape index (κ3) is 4.61. The average molecular weight is 365 g/mol. The highest BCUT2D eigenvalue weighted by molar-refractivity contribution is 9.10. The van der Waals surface area contributed by atoms with E-state index in [1.807, 2.05) is 36.4 Å². The molecule has 0 aromatic heterocycles. The van der Waals surface area contributed by atoms with Crippen molar-refractivity contribution in [1.82, 2.24) is 0 Å². The molecule has 4 heteroatoms. The van der Waals surface area contributed by atoms with Gasteiger partial charge >= 0.3 is 0 Å². The summed E-state index contributed by atoms with van der Waals surface area (Å²) in [5.74, 6) is 1.42. The summed E-state index contributed by atoms with van der Waals surface area (Å²) in [6.45, 7) is 2.06. The molecule has 0 amide bonds. The van der Waals surface area contributed by atoms with Crippen LogP contribution in [-0.2, 0) is 11.2 Å². The van der Waals surface area contributed by atoms with Gasteiger partial charge in [-0.3, -0.25) is 4.79 Å². The van der Waals surface area contributed by atoms with Crippen LogP contribution in [0.15, 0.2) is 51.8 Å². The van der Waals surface area contributed by atoms with Gasteiger partial charge in [-0.15, -0.1) is 11.8 Å². The van der Waals surface area contributed by atoms with Gasteiger partial charge in [-0.2, -0.15) is 0 Å². The largest absolute Gasteiger partial charge is 0.496 e. The van der Waals surface area contributed by atoms with Crippen molar-refractivity contribution in [1.29, 1.82) is 0 Å². The van der Waals surface area contributed by atoms with Crippen LogP contribution in [-0.4, -0.2) is 18.6 Å². The van der Waals surface area contributed by atoms with Crippen LogP contribution in [0, 0.1) is 6.92 Å². The number of methoxy groups -OCH3 is 1. The quantitative estimate of drug-likeness (QED) is 0.696. The van der Waals surface area contributed by atoms with Gasteiger partial charge in [0.15, 0.2) is 0 Å². The number of Topliss-reactive ketones (excluding diaryl/α,β-unsaturated/α-hetero) is 1. The number of thioether (sulfide) groups is 1. The maximum atomic E-state index is 12.2. The fourth-order valence-electron chi connectivity index (χ4n) is 2.03. The van der Waals surface area contributed by atoms with Crippen molar-refractivity contribution >= 4 is 33.5 Å².